The van der Waals surface area contributed by atoms with Crippen LogP contribution in [0.4, 0.5) is 24.5 Å². The molecule has 5 rings (SSSR count). The molecular formula is C34H42F3N5O5S. The first-order valence-corrected chi connectivity index (χ1v) is 17.5. The van der Waals surface area contributed by atoms with Crippen LogP contribution in [0.2, 0.25) is 0 Å². The molecule has 2 heterocycles. The van der Waals surface area contributed by atoms with E-state index in [1.807, 2.05) is 10.8 Å². The minimum Gasteiger partial charge on any atom is -0.495 e. The second-order valence-electron chi connectivity index (χ2n) is 12.4. The summed E-state index contributed by atoms with van der Waals surface area (Å²) in [5.41, 5.74) is 1.99. The molecular weight excluding hydrogens is 647 g/mol. The Morgan fingerprint density at radius 3 is 2.50 bits per heavy atom. The number of rotatable bonds is 10. The summed E-state index contributed by atoms with van der Waals surface area (Å²) in [6, 6.07) is 11.3. The molecule has 3 aromatic rings. The highest BCUT2D eigenvalue weighted by atomic mass is 32.2. The van der Waals surface area contributed by atoms with Crippen LogP contribution in [0, 0.1) is 11.8 Å². The molecule has 1 saturated heterocycles. The molecule has 14 heteroatoms. The van der Waals surface area contributed by atoms with E-state index in [2.05, 4.69) is 34.3 Å². The summed E-state index contributed by atoms with van der Waals surface area (Å²) < 4.78 is 80.2. The quantitative estimate of drug-likeness (QED) is 0.245. The number of nitrogens with one attached hydrogen (secondary N) is 3. The van der Waals surface area contributed by atoms with Crippen molar-refractivity contribution in [2.45, 2.75) is 75.1 Å². The fourth-order valence-electron chi connectivity index (χ4n) is 6.43. The van der Waals surface area contributed by atoms with Gasteiger partial charge in [0, 0.05) is 48.2 Å². The number of carbonyl (C=O) groups is 1. The predicted molar refractivity (Wildman–Crippen MR) is 179 cm³/mol. The molecule has 10 nitrogen and oxygen atoms in total. The number of alkyl halides is 3. The van der Waals surface area contributed by atoms with Crippen molar-refractivity contribution >= 4 is 38.2 Å². The molecule has 0 bridgehead atoms. The van der Waals surface area contributed by atoms with Gasteiger partial charge in [0.05, 0.1) is 48.7 Å². The third kappa shape index (κ3) is 8.37. The van der Waals surface area contributed by atoms with Crippen molar-refractivity contribution in [1.82, 2.24) is 14.2 Å². The van der Waals surface area contributed by atoms with Crippen LogP contribution in [-0.2, 0) is 26.1 Å². The van der Waals surface area contributed by atoms with Crippen molar-refractivity contribution < 1.29 is 35.9 Å². The van der Waals surface area contributed by atoms with Crippen LogP contribution in [0.1, 0.15) is 51.6 Å². The lowest BCUT2D eigenvalue weighted by atomic mass is 9.79. The summed E-state index contributed by atoms with van der Waals surface area (Å²) in [6.07, 6.45) is -0.491. The predicted octanol–water partition coefficient (Wildman–Crippen LogP) is 5.34. The molecule has 1 aliphatic heterocycles. The van der Waals surface area contributed by atoms with Gasteiger partial charge in [0.1, 0.15) is 12.3 Å². The number of carbonyl (C=O) groups excluding carboxylic acids is 1. The van der Waals surface area contributed by atoms with Gasteiger partial charge in [0.2, 0.25) is 5.91 Å². The average Bonchev–Trinajstić information content (AvgIpc) is 3.40. The summed E-state index contributed by atoms with van der Waals surface area (Å²) in [5, 5.41) is 7.32. The molecule has 0 atom stereocenters. The smallest absolute Gasteiger partial charge is 0.406 e. The molecule has 0 spiro atoms. The zero-order chi connectivity index (χ0) is 34.5. The Labute approximate surface area is 279 Å². The number of benzene rings is 2. The van der Waals surface area contributed by atoms with Gasteiger partial charge in [-0.25, -0.2) is 13.1 Å². The number of amides is 1. The SMILES string of the molecule is CCC(=O)NS(=O)(=O)c1ccc(NCC#Cc2cc3c(N[C@H]4CC[C@@](C)(N5CCOCC5)CC4)cccc3n2CC(F)(F)F)c(OC)c1. The van der Waals surface area contributed by atoms with Crippen LogP contribution in [0.3, 0.4) is 0 Å². The Kier molecular flexibility index (Phi) is 10.8. The number of nitrogens with zero attached hydrogens (tertiary/aromatic N) is 2. The van der Waals surface area contributed by atoms with E-state index in [1.165, 1.54) is 36.8 Å². The largest absolute Gasteiger partial charge is 0.495 e. The lowest BCUT2D eigenvalue weighted by Gasteiger charge is -2.47. The van der Waals surface area contributed by atoms with Crippen molar-refractivity contribution in [2.24, 2.45) is 0 Å². The number of halogens is 3. The Morgan fingerprint density at radius 1 is 1.10 bits per heavy atom. The summed E-state index contributed by atoms with van der Waals surface area (Å²) in [5.74, 6) is 5.34. The highest BCUT2D eigenvalue weighted by molar-refractivity contribution is 7.90. The highest BCUT2D eigenvalue weighted by Crippen LogP contribution is 2.37. The van der Waals surface area contributed by atoms with Gasteiger partial charge in [-0.05, 0) is 68.9 Å². The summed E-state index contributed by atoms with van der Waals surface area (Å²) in [7, 11) is -2.71. The lowest BCUT2D eigenvalue weighted by molar-refractivity contribution is -0.140. The van der Waals surface area contributed by atoms with E-state index in [0.29, 0.717) is 16.6 Å². The molecule has 1 aliphatic carbocycles. The Morgan fingerprint density at radius 2 is 1.83 bits per heavy atom. The Bertz CT molecular complexity index is 1780. The van der Waals surface area contributed by atoms with Gasteiger partial charge in [-0.3, -0.25) is 9.69 Å². The first-order chi connectivity index (χ1) is 22.8. The molecule has 1 saturated carbocycles. The van der Waals surface area contributed by atoms with Gasteiger partial charge in [-0.1, -0.05) is 18.9 Å². The maximum absolute atomic E-state index is 13.7. The second-order valence-corrected chi connectivity index (χ2v) is 14.1. The van der Waals surface area contributed by atoms with Crippen LogP contribution >= 0.6 is 0 Å². The molecule has 1 aromatic heterocycles. The van der Waals surface area contributed by atoms with Crippen LogP contribution in [0.15, 0.2) is 47.4 Å². The number of anilines is 2. The van der Waals surface area contributed by atoms with Gasteiger partial charge in [-0.15, -0.1) is 0 Å². The number of ether oxygens (including phenoxy) is 2. The van der Waals surface area contributed by atoms with E-state index in [9.17, 15) is 26.4 Å². The molecule has 3 N–H and O–H groups in total. The van der Waals surface area contributed by atoms with E-state index in [0.717, 1.165) is 57.7 Å². The van der Waals surface area contributed by atoms with Gasteiger partial charge < -0.3 is 24.7 Å². The number of fused-ring (bicyclic) bond motifs is 1. The fourth-order valence-corrected chi connectivity index (χ4v) is 7.50. The van der Waals surface area contributed by atoms with Crippen molar-refractivity contribution in [3.05, 3.63) is 48.2 Å². The first-order valence-electron chi connectivity index (χ1n) is 16.1. The van der Waals surface area contributed by atoms with Crippen molar-refractivity contribution in [1.29, 1.82) is 0 Å². The second kappa shape index (κ2) is 14.7. The minimum absolute atomic E-state index is 0.00416. The molecule has 2 aromatic carbocycles. The number of sulfonamides is 1. The number of methoxy groups -OCH3 is 1. The molecule has 2 aliphatic rings. The van der Waals surface area contributed by atoms with Gasteiger partial charge in [-0.2, -0.15) is 13.2 Å². The normalized spacial score (nSPS) is 20.5. The molecule has 2 fully saturated rings. The molecule has 0 unspecified atom stereocenters. The van der Waals surface area contributed by atoms with E-state index >= 15 is 0 Å². The average molecular weight is 690 g/mol. The fraction of sp³-hybridized carbons (Fsp3) is 0.500. The summed E-state index contributed by atoms with van der Waals surface area (Å²) in [4.78, 5) is 14.0. The summed E-state index contributed by atoms with van der Waals surface area (Å²) in [6.45, 7) is 6.09. The van der Waals surface area contributed by atoms with Gasteiger partial charge in [0.15, 0.2) is 0 Å². The van der Waals surface area contributed by atoms with Crippen molar-refractivity contribution in [3.8, 4) is 17.6 Å². The maximum Gasteiger partial charge on any atom is 0.406 e. The van der Waals surface area contributed by atoms with Crippen molar-refractivity contribution in [3.63, 3.8) is 0 Å². The lowest BCUT2D eigenvalue weighted by Crippen LogP contribution is -2.54. The van der Waals surface area contributed by atoms with Gasteiger partial charge >= 0.3 is 6.18 Å². The third-order valence-corrected chi connectivity index (χ3v) is 10.5. The van der Waals surface area contributed by atoms with Crippen molar-refractivity contribution in [2.75, 3.05) is 50.6 Å². The van der Waals surface area contributed by atoms with Gasteiger partial charge in [0.25, 0.3) is 10.0 Å². The number of hydrogen-bond donors (Lipinski definition) is 3. The van der Waals surface area contributed by atoms with E-state index in [-0.39, 0.29) is 40.9 Å². The minimum atomic E-state index is -4.45. The van der Waals surface area contributed by atoms with E-state index < -0.39 is 28.7 Å². The molecule has 0 radical (unpaired) electrons. The maximum atomic E-state index is 13.7. The molecule has 260 valence electrons. The molecule has 48 heavy (non-hydrogen) atoms. The van der Waals surface area contributed by atoms with Crippen LogP contribution in [0.25, 0.3) is 10.9 Å². The number of morpholine rings is 1. The molecule has 1 amide bonds. The van der Waals surface area contributed by atoms with Crippen LogP contribution < -0.4 is 20.1 Å². The third-order valence-electron chi connectivity index (χ3n) is 9.12. The standard InChI is InChI=1S/C34H42F3N5O5S/c1-4-32(43)40-48(44,45)26-10-11-29(31(22-26)46-3)38-16-6-7-25-21-27-28(8-5-9-30(27)42(25)23-34(35,36)37)39-24-12-14-33(2,15-13-24)41-17-19-47-20-18-41/h5,8-11,21-22,24,38-39H,4,12-20,23H2,1-3H3,(H,40,43)/t24-,33+. The topological polar surface area (TPSA) is 114 Å². The van der Waals surface area contributed by atoms with Crippen LogP contribution in [-0.4, -0.2) is 81.5 Å². The monoisotopic (exact) mass is 689 g/mol. The Balaban J connectivity index is 1.32. The number of aromatic nitrogens is 1. The first kappa shape index (κ1) is 35.4. The van der Waals surface area contributed by atoms with Crippen LogP contribution in [0.5, 0.6) is 5.75 Å². The zero-order valence-corrected chi connectivity index (χ0v) is 28.2. The van der Waals surface area contributed by atoms with E-state index in [1.54, 1.807) is 18.2 Å². The summed E-state index contributed by atoms with van der Waals surface area (Å²) >= 11 is 0. The van der Waals surface area contributed by atoms with E-state index in [4.69, 9.17) is 9.47 Å². The highest BCUT2D eigenvalue weighted by Gasteiger charge is 2.37. The Hall–Kier alpha value is -3.93. The number of hydrogen-bond acceptors (Lipinski definition) is 8. The zero-order valence-electron chi connectivity index (χ0n) is 27.4.